The molecule has 4 amide bonds. The first-order valence-electron chi connectivity index (χ1n) is 11.6. The quantitative estimate of drug-likeness (QED) is 0.545. The Labute approximate surface area is 203 Å². The van der Waals surface area contributed by atoms with E-state index in [0.29, 0.717) is 29.9 Å². The number of amides is 4. The lowest BCUT2D eigenvalue weighted by Gasteiger charge is -2.44. The van der Waals surface area contributed by atoms with Gasteiger partial charge in [-0.2, -0.15) is 0 Å². The Morgan fingerprint density at radius 1 is 1.15 bits per heavy atom. The summed E-state index contributed by atoms with van der Waals surface area (Å²) in [7, 11) is 3.53. The van der Waals surface area contributed by atoms with E-state index in [-0.39, 0.29) is 30.6 Å². The molecule has 0 radical (unpaired) electrons. The zero-order valence-electron chi connectivity index (χ0n) is 19.7. The van der Waals surface area contributed by atoms with Crippen LogP contribution in [0.25, 0.3) is 0 Å². The number of thioether (sulfide) groups is 1. The minimum atomic E-state index is -0.823. The van der Waals surface area contributed by atoms with Crippen molar-refractivity contribution >= 4 is 46.3 Å². The first-order valence-corrected chi connectivity index (χ1v) is 13.4. The van der Waals surface area contributed by atoms with Crippen molar-refractivity contribution in [1.82, 2.24) is 19.7 Å². The van der Waals surface area contributed by atoms with Crippen LogP contribution in [0.15, 0.2) is 10.4 Å². The summed E-state index contributed by atoms with van der Waals surface area (Å²) < 4.78 is 0.889. The van der Waals surface area contributed by atoms with Crippen LogP contribution >= 0.6 is 23.1 Å². The number of nitrogens with zero attached hydrogens (tertiary/aromatic N) is 4. The first-order chi connectivity index (χ1) is 15.7. The highest BCUT2D eigenvalue weighted by atomic mass is 32.2. The number of hydrogen-bond acceptors (Lipinski definition) is 6. The molecule has 0 unspecified atom stereocenters. The second kappa shape index (κ2) is 11.9. The third kappa shape index (κ3) is 7.23. The molecule has 11 heteroatoms. The molecule has 33 heavy (non-hydrogen) atoms. The maximum atomic E-state index is 13.4. The van der Waals surface area contributed by atoms with Gasteiger partial charge in [0.15, 0.2) is 5.13 Å². The number of anilines is 1. The van der Waals surface area contributed by atoms with Crippen molar-refractivity contribution in [3.8, 4) is 0 Å². The number of aromatic nitrogens is 1. The predicted octanol–water partition coefficient (Wildman–Crippen LogP) is 4.27. The molecule has 1 saturated heterocycles. The van der Waals surface area contributed by atoms with Crippen LogP contribution in [0, 0.1) is 5.92 Å². The molecule has 0 atom stereocenters. The molecule has 0 bridgehead atoms. The van der Waals surface area contributed by atoms with Crippen LogP contribution in [0.4, 0.5) is 14.7 Å². The molecule has 1 aliphatic carbocycles. The van der Waals surface area contributed by atoms with Gasteiger partial charge in [0.2, 0.25) is 0 Å². The molecule has 0 spiro atoms. The minimum absolute atomic E-state index is 0.0201. The number of thiazole rings is 1. The third-order valence-corrected chi connectivity index (χ3v) is 8.49. The van der Waals surface area contributed by atoms with Crippen LogP contribution in [0.2, 0.25) is 0 Å². The van der Waals surface area contributed by atoms with Gasteiger partial charge in [-0.05, 0) is 44.4 Å². The Kier molecular flexibility index (Phi) is 9.25. The van der Waals surface area contributed by atoms with Gasteiger partial charge >= 0.3 is 18.0 Å². The lowest BCUT2D eigenvalue weighted by Crippen LogP contribution is -2.55. The molecule has 1 aromatic heterocycles. The summed E-state index contributed by atoms with van der Waals surface area (Å²) in [6, 6.07) is 0.195. The number of carbonyl (C=O) groups is 3. The number of nitrogens with one attached hydrogen (secondary N) is 1. The molecule has 1 saturated carbocycles. The van der Waals surface area contributed by atoms with Gasteiger partial charge in [-0.25, -0.2) is 14.6 Å². The van der Waals surface area contributed by atoms with Crippen molar-refractivity contribution < 1.29 is 19.5 Å². The molecular formula is C22H35N5O4S2. The van der Waals surface area contributed by atoms with Gasteiger partial charge < -0.3 is 19.8 Å². The summed E-state index contributed by atoms with van der Waals surface area (Å²) in [5.41, 5.74) is 0. The third-order valence-electron chi connectivity index (χ3n) is 6.38. The number of piperidine rings is 1. The van der Waals surface area contributed by atoms with E-state index in [4.69, 9.17) is 5.11 Å². The van der Waals surface area contributed by atoms with Gasteiger partial charge in [0.05, 0.1) is 16.8 Å². The minimum Gasteiger partial charge on any atom is -0.481 e. The van der Waals surface area contributed by atoms with Crippen molar-refractivity contribution in [3.05, 3.63) is 6.20 Å². The number of likely N-dealkylation sites (tertiary alicyclic amines) is 1. The van der Waals surface area contributed by atoms with Crippen LogP contribution in [0.5, 0.6) is 0 Å². The van der Waals surface area contributed by atoms with Crippen molar-refractivity contribution in [1.29, 1.82) is 0 Å². The van der Waals surface area contributed by atoms with Gasteiger partial charge in [0.1, 0.15) is 0 Å². The normalized spacial score (nSPS) is 21.5. The summed E-state index contributed by atoms with van der Waals surface area (Å²) >= 11 is 2.81. The van der Waals surface area contributed by atoms with E-state index in [2.05, 4.69) is 17.2 Å². The molecule has 1 aromatic rings. The van der Waals surface area contributed by atoms with Gasteiger partial charge in [0.25, 0.3) is 0 Å². The number of urea groups is 2. The van der Waals surface area contributed by atoms with Crippen molar-refractivity contribution in [2.45, 2.75) is 68.2 Å². The molecule has 2 heterocycles. The molecule has 9 nitrogen and oxygen atoms in total. The van der Waals surface area contributed by atoms with E-state index in [0.717, 1.165) is 42.7 Å². The number of aliphatic carboxylic acids is 1. The zero-order chi connectivity index (χ0) is 24.0. The van der Waals surface area contributed by atoms with Crippen LogP contribution < -0.4 is 5.32 Å². The number of hydrogen-bond donors (Lipinski definition) is 2. The van der Waals surface area contributed by atoms with E-state index in [1.807, 2.05) is 9.80 Å². The summed E-state index contributed by atoms with van der Waals surface area (Å²) in [6.45, 7) is 3.57. The SMILES string of the molecule is CC1CCC(N(C(=O)Nc2ncc(SCCC(=O)O)s2)C2CCN(C(=O)N(C)C)CC2)CC1. The van der Waals surface area contributed by atoms with Gasteiger partial charge in [-0.15, -0.1) is 11.8 Å². The molecule has 0 aromatic carbocycles. The maximum absolute atomic E-state index is 13.4. The number of carboxylic acid groups (broad SMARTS) is 1. The highest BCUT2D eigenvalue weighted by Gasteiger charge is 2.36. The number of carboxylic acids is 1. The monoisotopic (exact) mass is 497 g/mol. The van der Waals surface area contributed by atoms with E-state index < -0.39 is 5.97 Å². The second-order valence-electron chi connectivity index (χ2n) is 9.12. The Morgan fingerprint density at radius 2 is 1.79 bits per heavy atom. The molecule has 2 fully saturated rings. The lowest BCUT2D eigenvalue weighted by atomic mass is 9.85. The largest absolute Gasteiger partial charge is 0.481 e. The molecule has 1 aliphatic heterocycles. The summed E-state index contributed by atoms with van der Waals surface area (Å²) in [5, 5.41) is 12.3. The van der Waals surface area contributed by atoms with Crippen LogP contribution in [-0.2, 0) is 4.79 Å². The molecule has 3 rings (SSSR count). The summed E-state index contributed by atoms with van der Waals surface area (Å²) in [5.74, 6) is 0.341. The van der Waals surface area contributed by atoms with Crippen molar-refractivity contribution in [2.24, 2.45) is 5.92 Å². The van der Waals surface area contributed by atoms with E-state index in [9.17, 15) is 14.4 Å². The standard InChI is InChI=1S/C22H35N5O4S2/c1-15-4-6-16(7-5-15)27(17-8-11-26(12-9-17)22(31)25(2)3)21(30)24-20-23-14-19(33-20)32-13-10-18(28)29/h14-17H,4-13H2,1-3H3,(H,28,29)(H,23,24,30). The number of carbonyl (C=O) groups excluding carboxylic acids is 2. The van der Waals surface area contributed by atoms with Crippen LogP contribution in [-0.4, -0.2) is 87.8 Å². The van der Waals surface area contributed by atoms with Crippen LogP contribution in [0.1, 0.15) is 51.9 Å². The Morgan fingerprint density at radius 3 is 2.39 bits per heavy atom. The fourth-order valence-corrected chi connectivity index (χ4v) is 6.41. The Balaban J connectivity index is 1.64. The first kappa shape index (κ1) is 25.6. The topological polar surface area (TPSA) is 106 Å². The average Bonchev–Trinajstić information content (AvgIpc) is 3.22. The smallest absolute Gasteiger partial charge is 0.324 e. The molecule has 184 valence electrons. The summed E-state index contributed by atoms with van der Waals surface area (Å²) in [6.07, 6.45) is 7.56. The second-order valence-corrected chi connectivity index (χ2v) is 11.5. The van der Waals surface area contributed by atoms with E-state index in [1.54, 1.807) is 25.2 Å². The molecular weight excluding hydrogens is 462 g/mol. The van der Waals surface area contributed by atoms with E-state index in [1.165, 1.54) is 23.1 Å². The lowest BCUT2D eigenvalue weighted by molar-refractivity contribution is -0.136. The number of rotatable bonds is 7. The Hall–Kier alpha value is -2.01. The average molecular weight is 498 g/mol. The van der Waals surface area contributed by atoms with Crippen LogP contribution in [0.3, 0.4) is 0 Å². The summed E-state index contributed by atoms with van der Waals surface area (Å²) in [4.78, 5) is 46.3. The van der Waals surface area contributed by atoms with Gasteiger partial charge in [-0.1, -0.05) is 18.3 Å². The van der Waals surface area contributed by atoms with Gasteiger partial charge in [-0.3, -0.25) is 10.1 Å². The van der Waals surface area contributed by atoms with Gasteiger partial charge in [0, 0.05) is 45.0 Å². The maximum Gasteiger partial charge on any atom is 0.324 e. The highest BCUT2D eigenvalue weighted by Crippen LogP contribution is 2.33. The fraction of sp³-hybridized carbons (Fsp3) is 0.727. The predicted molar refractivity (Wildman–Crippen MR) is 131 cm³/mol. The van der Waals surface area contributed by atoms with E-state index >= 15 is 0 Å². The molecule has 2 aliphatic rings. The zero-order valence-corrected chi connectivity index (χ0v) is 21.3. The van der Waals surface area contributed by atoms with Crippen molar-refractivity contribution in [2.75, 3.05) is 38.3 Å². The molecule has 2 N–H and O–H groups in total. The highest BCUT2D eigenvalue weighted by molar-refractivity contribution is 8.01. The Bertz CT molecular complexity index is 817. The van der Waals surface area contributed by atoms with Crippen molar-refractivity contribution in [3.63, 3.8) is 0 Å². The fourth-order valence-electron chi connectivity index (χ4n) is 4.55.